The summed E-state index contributed by atoms with van der Waals surface area (Å²) in [4.78, 5) is 0. The molecule has 0 fully saturated rings. The maximum Gasteiger partial charge on any atom is 0.118 e. The van der Waals surface area contributed by atoms with Gasteiger partial charge in [0.15, 0.2) is 0 Å². The molecule has 1 aliphatic carbocycles. The molecule has 0 heterocycles. The maximum atomic E-state index is 7.00. The molecule has 1 N–H and O–H groups in total. The summed E-state index contributed by atoms with van der Waals surface area (Å²) in [7, 11) is 4.41. The molecule has 0 spiro atoms. The van der Waals surface area contributed by atoms with Crippen LogP contribution in [0.4, 0.5) is 0 Å². The molecule has 0 amide bonds. The van der Waals surface area contributed by atoms with Crippen molar-refractivity contribution in [2.24, 2.45) is 0 Å². The van der Waals surface area contributed by atoms with E-state index in [1.165, 1.54) is 33.4 Å². The van der Waals surface area contributed by atoms with Gasteiger partial charge >= 0.3 is 0 Å². The van der Waals surface area contributed by atoms with E-state index in [-0.39, 0.29) is 118 Å². The number of aliphatic hydroxyl groups excluding tert-OH is 1. The molecule has 253 valence electrons. The van der Waals surface area contributed by atoms with Crippen molar-refractivity contribution in [3.05, 3.63) is 171 Å². The maximum absolute atomic E-state index is 7.00. The standard InChI is InChI=1S/C27H22O2.C6H6.3C2H6.CH4O.2CH3.3Y/c1-28-21-15-11-19(12-16-21)27(20-13-17-22(29-2)18-14-20)25-9-5-3-7-23(25)24-8-4-6-10-26(24)27;1-2-4-6-5-3-1;4*1-2;;;;;/h3-18H,1-2H3;1-6H;3*1-2H3;2H,1H3;2*1H3;;;/q;;;;;;2*-1;;;. The number of methoxy groups -OCH3 is 2. The van der Waals surface area contributed by atoms with Gasteiger partial charge in [-0.05, 0) is 57.6 Å². The van der Waals surface area contributed by atoms with Crippen LogP contribution in [-0.2, 0) is 104 Å². The van der Waals surface area contributed by atoms with E-state index in [4.69, 9.17) is 14.6 Å². The van der Waals surface area contributed by atoms with Gasteiger partial charge in [-0.1, -0.05) is 151 Å². The average Bonchev–Trinajstić information content (AvgIpc) is 3.44. The molecule has 1 aliphatic rings. The minimum Gasteiger partial charge on any atom is -0.497 e. The number of benzene rings is 5. The Kier molecular flexibility index (Phi) is 38.9. The van der Waals surface area contributed by atoms with Crippen LogP contribution in [0.25, 0.3) is 11.1 Å². The van der Waals surface area contributed by atoms with E-state index in [1.54, 1.807) is 14.2 Å². The number of hydrogen-bond donors (Lipinski definition) is 1. The molecule has 0 aromatic heterocycles. The second-order valence-corrected chi connectivity index (χ2v) is 8.45. The quantitative estimate of drug-likeness (QED) is 0.179. The van der Waals surface area contributed by atoms with Crippen molar-refractivity contribution in [3.8, 4) is 22.6 Å². The fraction of sp³-hybridized carbons (Fsp3) is 0.238. The van der Waals surface area contributed by atoms with Gasteiger partial charge in [-0.2, -0.15) is 0 Å². The number of aliphatic hydroxyl groups is 1. The average molecular weight is 876 g/mol. The van der Waals surface area contributed by atoms with Gasteiger partial charge in [0.25, 0.3) is 0 Å². The molecule has 0 saturated carbocycles. The number of ether oxygens (including phenoxy) is 2. The predicted octanol–water partition coefficient (Wildman–Crippen LogP) is 11.3. The molecule has 6 heteroatoms. The van der Waals surface area contributed by atoms with E-state index in [0.29, 0.717) is 0 Å². The third-order valence-electron chi connectivity index (χ3n) is 6.67. The summed E-state index contributed by atoms with van der Waals surface area (Å²) in [5.74, 6) is 1.72. The van der Waals surface area contributed by atoms with Crippen molar-refractivity contribution in [2.45, 2.75) is 47.0 Å². The Bertz CT molecular complexity index is 1290. The van der Waals surface area contributed by atoms with Crippen LogP contribution in [0.2, 0.25) is 0 Å². The van der Waals surface area contributed by atoms with Gasteiger partial charge in [-0.15, -0.1) is 0 Å². The molecule has 48 heavy (non-hydrogen) atoms. The minimum atomic E-state index is -0.383. The first-order chi connectivity index (χ1) is 21.3. The van der Waals surface area contributed by atoms with Crippen LogP contribution >= 0.6 is 0 Å². The van der Waals surface area contributed by atoms with Crippen LogP contribution in [0.15, 0.2) is 133 Å². The first-order valence-electron chi connectivity index (χ1n) is 15.2. The van der Waals surface area contributed by atoms with Crippen LogP contribution in [0, 0.1) is 14.9 Å². The molecule has 0 aliphatic heterocycles. The largest absolute Gasteiger partial charge is 0.497 e. The Hall–Kier alpha value is -1.03. The Labute approximate surface area is 369 Å². The van der Waals surface area contributed by atoms with Crippen molar-refractivity contribution in [3.63, 3.8) is 0 Å². The summed E-state index contributed by atoms with van der Waals surface area (Å²) in [5.41, 5.74) is 7.24. The Morgan fingerprint density at radius 2 is 0.646 bits per heavy atom. The molecule has 6 rings (SSSR count). The van der Waals surface area contributed by atoms with Gasteiger partial charge in [-0.3, -0.25) is 0 Å². The molecule has 3 radical (unpaired) electrons. The van der Waals surface area contributed by atoms with Gasteiger partial charge in [0.1, 0.15) is 11.5 Å². The summed E-state index contributed by atoms with van der Waals surface area (Å²) in [6, 6.07) is 46.4. The molecule has 3 nitrogen and oxygen atoms in total. The SMILES string of the molecule is CC.CC.CC.CO.COc1ccc(C2(c3ccc(OC)cc3)c3ccccc3-c3ccccc32)cc1.[CH3-].[CH3-].[Y].[Y].[Y].c1ccccc1. The molecular formula is C42H56O3Y3-2. The zero-order valence-electron chi connectivity index (χ0n) is 31.2. The van der Waals surface area contributed by atoms with Crippen molar-refractivity contribution in [1.82, 2.24) is 0 Å². The molecule has 0 bridgehead atoms. The number of hydrogen-bond acceptors (Lipinski definition) is 3. The van der Waals surface area contributed by atoms with Crippen LogP contribution in [0.1, 0.15) is 63.8 Å². The van der Waals surface area contributed by atoms with Gasteiger partial charge < -0.3 is 29.4 Å². The second kappa shape index (κ2) is 33.1. The van der Waals surface area contributed by atoms with E-state index in [1.807, 2.05) is 102 Å². The smallest absolute Gasteiger partial charge is 0.118 e. The van der Waals surface area contributed by atoms with Gasteiger partial charge in [0.05, 0.1) is 19.6 Å². The van der Waals surface area contributed by atoms with Crippen LogP contribution in [-0.4, -0.2) is 26.4 Å². The summed E-state index contributed by atoms with van der Waals surface area (Å²) in [5, 5.41) is 7.00. The van der Waals surface area contributed by atoms with Gasteiger partial charge in [0, 0.05) is 105 Å². The van der Waals surface area contributed by atoms with Crippen molar-refractivity contribution in [1.29, 1.82) is 0 Å². The number of rotatable bonds is 4. The third-order valence-corrected chi connectivity index (χ3v) is 6.67. The fourth-order valence-corrected chi connectivity index (χ4v) is 5.09. The second-order valence-electron chi connectivity index (χ2n) is 8.45. The minimum absolute atomic E-state index is 0. The molecule has 0 unspecified atom stereocenters. The monoisotopic (exact) mass is 875 g/mol. The van der Waals surface area contributed by atoms with Crippen molar-refractivity contribution >= 4 is 0 Å². The van der Waals surface area contributed by atoms with Crippen LogP contribution < -0.4 is 9.47 Å². The first-order valence-corrected chi connectivity index (χ1v) is 15.2. The molecule has 5 aromatic carbocycles. The summed E-state index contributed by atoms with van der Waals surface area (Å²) in [6.07, 6.45) is 0. The first kappa shape index (κ1) is 56.4. The molecular weight excluding hydrogens is 819 g/mol. The normalized spacial score (nSPS) is 9.62. The summed E-state index contributed by atoms with van der Waals surface area (Å²) in [6.45, 7) is 12.0. The zero-order chi connectivity index (χ0) is 32.1. The van der Waals surface area contributed by atoms with E-state index in [0.717, 1.165) is 18.6 Å². The van der Waals surface area contributed by atoms with E-state index in [2.05, 4.69) is 72.8 Å². The summed E-state index contributed by atoms with van der Waals surface area (Å²) < 4.78 is 10.8. The Morgan fingerprint density at radius 1 is 0.396 bits per heavy atom. The van der Waals surface area contributed by atoms with E-state index < -0.39 is 0 Å². The van der Waals surface area contributed by atoms with E-state index in [9.17, 15) is 0 Å². The topological polar surface area (TPSA) is 38.7 Å². The van der Waals surface area contributed by atoms with Gasteiger partial charge in [0.2, 0.25) is 0 Å². The zero-order valence-corrected chi connectivity index (χ0v) is 39.7. The fourth-order valence-electron chi connectivity index (χ4n) is 5.09. The van der Waals surface area contributed by atoms with Gasteiger partial charge in [-0.25, -0.2) is 0 Å². The molecule has 0 saturated heterocycles. The molecule has 0 atom stereocenters. The van der Waals surface area contributed by atoms with Crippen LogP contribution in [0.5, 0.6) is 11.5 Å². The van der Waals surface area contributed by atoms with Crippen LogP contribution in [0.3, 0.4) is 0 Å². The Balaban J connectivity index is -0.000000282. The predicted molar refractivity (Wildman–Crippen MR) is 198 cm³/mol. The van der Waals surface area contributed by atoms with Crippen molar-refractivity contribution < 1.29 is 113 Å². The number of fused-ring (bicyclic) bond motifs is 3. The summed E-state index contributed by atoms with van der Waals surface area (Å²) >= 11 is 0. The third kappa shape index (κ3) is 13.9. The van der Waals surface area contributed by atoms with E-state index >= 15 is 0 Å². The molecule has 5 aromatic rings. The Morgan fingerprint density at radius 3 is 0.896 bits per heavy atom. The van der Waals surface area contributed by atoms with Crippen molar-refractivity contribution in [2.75, 3.05) is 21.3 Å².